The number of nitrogens with one attached hydrogen (secondary N) is 1. The molecule has 4 heterocycles. The van der Waals surface area contributed by atoms with E-state index in [9.17, 15) is 18.0 Å². The molecule has 3 aliphatic rings. The summed E-state index contributed by atoms with van der Waals surface area (Å²) in [5.74, 6) is 1.37. The molecule has 8 nitrogen and oxygen atoms in total. The molecule has 1 saturated heterocycles. The number of amides is 1. The number of benzene rings is 2. The number of carbonyl (C=O) groups excluding carboxylic acids is 1. The van der Waals surface area contributed by atoms with Crippen molar-refractivity contribution in [1.29, 1.82) is 0 Å². The van der Waals surface area contributed by atoms with E-state index in [-0.39, 0.29) is 17.7 Å². The van der Waals surface area contributed by atoms with Crippen molar-refractivity contribution < 1.29 is 18.0 Å². The van der Waals surface area contributed by atoms with Crippen LogP contribution < -0.4 is 4.90 Å². The number of rotatable bonds is 5. The maximum atomic E-state index is 14.5. The molecular formula is C31H34F3N7O. The number of nitrogens with zero attached hydrogens (tertiary/aromatic N) is 6. The number of aromatic amines is 1. The number of aryl methyl sites for hydroxylation is 1. The van der Waals surface area contributed by atoms with Crippen LogP contribution in [0.25, 0.3) is 11.0 Å². The molecule has 11 heteroatoms. The molecule has 1 aliphatic carbocycles. The van der Waals surface area contributed by atoms with Gasteiger partial charge in [-0.1, -0.05) is 13.8 Å². The molecule has 0 unspecified atom stereocenters. The first-order valence-corrected chi connectivity index (χ1v) is 14.6. The Kier molecular flexibility index (Phi) is 6.23. The Morgan fingerprint density at radius 3 is 2.62 bits per heavy atom. The molecule has 0 spiro atoms. The van der Waals surface area contributed by atoms with Crippen LogP contribution in [0.2, 0.25) is 0 Å². The maximum Gasteiger partial charge on any atom is 0.416 e. The number of aromatic nitrogens is 5. The number of H-pyrrole nitrogens is 1. The van der Waals surface area contributed by atoms with E-state index in [4.69, 9.17) is 0 Å². The SMILES string of the molecule is CC1CC(c2cc(N3Cc4c(cc(CN5CCC[C@H](C)C5)cc4C(F)(F)F)C3=O)c3nc[nH]c3c2)(c2nncn2C)C1. The van der Waals surface area contributed by atoms with Gasteiger partial charge in [-0.3, -0.25) is 9.69 Å². The van der Waals surface area contributed by atoms with Crippen molar-refractivity contribution in [2.45, 2.75) is 64.2 Å². The van der Waals surface area contributed by atoms with E-state index in [1.807, 2.05) is 23.7 Å². The third-order valence-electron chi connectivity index (χ3n) is 9.43. The molecule has 1 saturated carbocycles. The van der Waals surface area contributed by atoms with Crippen molar-refractivity contribution in [3.8, 4) is 0 Å². The zero-order chi connectivity index (χ0) is 29.4. The lowest BCUT2D eigenvalue weighted by Gasteiger charge is -2.46. The number of piperidine rings is 1. The molecule has 0 bridgehead atoms. The minimum Gasteiger partial charge on any atom is -0.345 e. The van der Waals surface area contributed by atoms with E-state index in [2.05, 4.69) is 38.9 Å². The van der Waals surface area contributed by atoms with Crippen molar-refractivity contribution in [3.63, 3.8) is 0 Å². The van der Waals surface area contributed by atoms with Crippen molar-refractivity contribution >= 4 is 22.6 Å². The summed E-state index contributed by atoms with van der Waals surface area (Å²) in [5.41, 5.74) is 2.26. The second-order valence-electron chi connectivity index (χ2n) is 12.7. The molecule has 42 heavy (non-hydrogen) atoms. The lowest BCUT2D eigenvalue weighted by atomic mass is 9.58. The summed E-state index contributed by atoms with van der Waals surface area (Å²) in [6.07, 6.45) is 2.51. The highest BCUT2D eigenvalue weighted by molar-refractivity contribution is 6.13. The predicted molar refractivity (Wildman–Crippen MR) is 152 cm³/mol. The summed E-state index contributed by atoms with van der Waals surface area (Å²) in [6, 6.07) is 6.87. The average molecular weight is 578 g/mol. The van der Waals surface area contributed by atoms with Crippen molar-refractivity contribution in [2.75, 3.05) is 18.0 Å². The van der Waals surface area contributed by atoms with Crippen molar-refractivity contribution in [2.24, 2.45) is 18.9 Å². The topological polar surface area (TPSA) is 82.9 Å². The Labute approximate surface area is 241 Å². The number of imidazole rings is 1. The van der Waals surface area contributed by atoms with E-state index in [0.717, 1.165) is 55.7 Å². The first kappa shape index (κ1) is 27.1. The predicted octanol–water partition coefficient (Wildman–Crippen LogP) is 5.82. The second-order valence-corrected chi connectivity index (χ2v) is 12.7. The molecule has 2 aromatic heterocycles. The van der Waals surface area contributed by atoms with E-state index < -0.39 is 23.1 Å². The maximum absolute atomic E-state index is 14.5. The highest BCUT2D eigenvalue weighted by atomic mass is 19.4. The van der Waals surface area contributed by atoms with E-state index >= 15 is 0 Å². The number of halogens is 3. The fourth-order valence-corrected chi connectivity index (χ4v) is 7.60. The van der Waals surface area contributed by atoms with Crippen LogP contribution in [0.5, 0.6) is 0 Å². The zero-order valence-electron chi connectivity index (χ0n) is 24.0. The molecule has 1 N–H and O–H groups in total. The number of fused-ring (bicyclic) bond motifs is 2. The van der Waals surface area contributed by atoms with Gasteiger partial charge >= 0.3 is 6.18 Å². The molecule has 0 radical (unpaired) electrons. The van der Waals surface area contributed by atoms with Gasteiger partial charge in [0.15, 0.2) is 0 Å². The van der Waals surface area contributed by atoms with Crippen LogP contribution in [0.1, 0.15) is 78.0 Å². The molecule has 2 aromatic carbocycles. The third kappa shape index (κ3) is 4.31. The van der Waals surface area contributed by atoms with E-state index in [0.29, 0.717) is 35.1 Å². The quantitative estimate of drug-likeness (QED) is 0.323. The Morgan fingerprint density at radius 1 is 1.12 bits per heavy atom. The van der Waals surface area contributed by atoms with Gasteiger partial charge in [0.25, 0.3) is 5.91 Å². The van der Waals surface area contributed by atoms with Gasteiger partial charge in [-0.2, -0.15) is 13.2 Å². The molecular weight excluding hydrogens is 543 g/mol. The Bertz CT molecular complexity index is 1680. The summed E-state index contributed by atoms with van der Waals surface area (Å²) < 4.78 is 45.3. The molecule has 2 aliphatic heterocycles. The number of likely N-dealkylation sites (tertiary alicyclic amines) is 1. The van der Waals surface area contributed by atoms with Gasteiger partial charge in [0.1, 0.15) is 17.7 Å². The molecule has 7 rings (SSSR count). The van der Waals surface area contributed by atoms with Crippen LogP contribution in [0.15, 0.2) is 36.9 Å². The van der Waals surface area contributed by atoms with Crippen LogP contribution in [-0.4, -0.2) is 48.6 Å². The standard InChI is InChI=1S/C31H34F3N7O/c1-18-5-4-6-40(13-18)14-20-7-22-23(24(8-20)31(32,33)34)15-41(28(22)42)26-10-21(9-25-27(26)36-16-35-25)30(11-19(2)12-30)29-38-37-17-39(29)3/h7-10,16-19H,4-6,11-15H2,1-3H3,(H,35,36)/t18-,19?,30?/m0/s1. The fourth-order valence-electron chi connectivity index (χ4n) is 7.60. The Hall–Kier alpha value is -3.73. The molecule has 1 atom stereocenters. The van der Waals surface area contributed by atoms with Gasteiger partial charge < -0.3 is 14.5 Å². The lowest BCUT2D eigenvalue weighted by Crippen LogP contribution is -2.43. The Morgan fingerprint density at radius 2 is 1.93 bits per heavy atom. The first-order chi connectivity index (χ1) is 20.0. The van der Waals surface area contributed by atoms with Gasteiger partial charge in [-0.15, -0.1) is 10.2 Å². The minimum absolute atomic E-state index is 0.0256. The number of hydrogen-bond acceptors (Lipinski definition) is 5. The highest BCUT2D eigenvalue weighted by Crippen LogP contribution is 2.53. The third-order valence-corrected chi connectivity index (χ3v) is 9.43. The minimum atomic E-state index is -4.58. The van der Waals surface area contributed by atoms with Gasteiger partial charge in [-0.25, -0.2) is 4.98 Å². The van der Waals surface area contributed by atoms with Gasteiger partial charge in [-0.05, 0) is 85.0 Å². The van der Waals surface area contributed by atoms with Crippen molar-refractivity contribution in [1.82, 2.24) is 29.6 Å². The Balaban J connectivity index is 1.31. The zero-order valence-corrected chi connectivity index (χ0v) is 24.0. The number of carbonyl (C=O) groups is 1. The van der Waals surface area contributed by atoms with Crippen LogP contribution >= 0.6 is 0 Å². The van der Waals surface area contributed by atoms with Crippen LogP contribution in [-0.2, 0) is 31.7 Å². The molecule has 220 valence electrons. The van der Waals surface area contributed by atoms with Crippen LogP contribution in [0, 0.1) is 11.8 Å². The number of hydrogen-bond donors (Lipinski definition) is 1. The molecule has 1 amide bonds. The number of alkyl halides is 3. The van der Waals surface area contributed by atoms with Crippen molar-refractivity contribution in [3.05, 3.63) is 70.6 Å². The molecule has 2 fully saturated rings. The lowest BCUT2D eigenvalue weighted by molar-refractivity contribution is -0.138. The summed E-state index contributed by atoms with van der Waals surface area (Å²) in [7, 11) is 1.91. The van der Waals surface area contributed by atoms with Gasteiger partial charge in [0, 0.05) is 25.7 Å². The van der Waals surface area contributed by atoms with Gasteiger partial charge in [0.2, 0.25) is 0 Å². The second kappa shape index (κ2) is 9.65. The van der Waals surface area contributed by atoms with E-state index in [1.165, 1.54) is 11.0 Å². The smallest absolute Gasteiger partial charge is 0.345 e. The average Bonchev–Trinajstić information content (AvgIpc) is 3.64. The summed E-state index contributed by atoms with van der Waals surface area (Å²) in [6.45, 7) is 6.27. The summed E-state index contributed by atoms with van der Waals surface area (Å²) >= 11 is 0. The van der Waals surface area contributed by atoms with Crippen LogP contribution in [0.3, 0.4) is 0 Å². The van der Waals surface area contributed by atoms with E-state index in [1.54, 1.807) is 18.7 Å². The van der Waals surface area contributed by atoms with Gasteiger partial charge in [0.05, 0.1) is 35.1 Å². The monoisotopic (exact) mass is 577 g/mol. The molecule has 4 aromatic rings. The highest BCUT2D eigenvalue weighted by Gasteiger charge is 2.49. The summed E-state index contributed by atoms with van der Waals surface area (Å²) in [5, 5.41) is 8.56. The summed E-state index contributed by atoms with van der Waals surface area (Å²) in [4.78, 5) is 25.3. The normalized spacial score (nSPS) is 24.8. The largest absolute Gasteiger partial charge is 0.416 e. The fraction of sp³-hybridized carbons (Fsp3) is 0.484. The first-order valence-electron chi connectivity index (χ1n) is 14.6. The van der Waals surface area contributed by atoms with Crippen LogP contribution in [0.4, 0.5) is 18.9 Å². The number of anilines is 1.